The second-order valence-corrected chi connectivity index (χ2v) is 10.7. The molecule has 6 heteroatoms. The quantitative estimate of drug-likeness (QED) is 0.514. The van der Waals surface area contributed by atoms with Crippen LogP contribution in [0.3, 0.4) is 0 Å². The number of amides is 2. The summed E-state index contributed by atoms with van der Waals surface area (Å²) >= 11 is 0. The highest BCUT2D eigenvalue weighted by atomic mass is 16.3. The molecule has 0 spiro atoms. The minimum Gasteiger partial charge on any atom is -0.387 e. The van der Waals surface area contributed by atoms with Crippen LogP contribution in [-0.2, 0) is 0 Å². The zero-order valence-electron chi connectivity index (χ0n) is 20.2. The van der Waals surface area contributed by atoms with E-state index in [0.29, 0.717) is 17.7 Å². The van der Waals surface area contributed by atoms with E-state index in [4.69, 9.17) is 0 Å². The van der Waals surface area contributed by atoms with Crippen molar-refractivity contribution in [3.63, 3.8) is 0 Å². The summed E-state index contributed by atoms with van der Waals surface area (Å²) in [6, 6.07) is 4.96. The van der Waals surface area contributed by atoms with Gasteiger partial charge in [0.1, 0.15) is 0 Å². The van der Waals surface area contributed by atoms with Crippen LogP contribution in [0.2, 0.25) is 0 Å². The molecule has 1 rings (SSSR count). The molecule has 0 saturated carbocycles. The van der Waals surface area contributed by atoms with Crippen molar-refractivity contribution in [1.29, 1.82) is 0 Å². The number of benzene rings is 1. The first-order chi connectivity index (χ1) is 13.5. The van der Waals surface area contributed by atoms with Crippen LogP contribution < -0.4 is 16.0 Å². The van der Waals surface area contributed by atoms with Gasteiger partial charge in [0, 0.05) is 23.2 Å². The minimum atomic E-state index is -0.790. The molecule has 1 aromatic carbocycles. The number of carbonyl (C=O) groups excluding carboxylic acids is 2. The molecule has 0 aromatic heterocycles. The van der Waals surface area contributed by atoms with Crippen molar-refractivity contribution >= 4 is 11.8 Å². The number of aliphatic hydroxyl groups excluding tert-OH is 1. The molecule has 0 fully saturated rings. The zero-order chi connectivity index (χ0) is 23.3. The Morgan fingerprint density at radius 1 is 0.900 bits per heavy atom. The van der Waals surface area contributed by atoms with E-state index in [1.807, 2.05) is 41.5 Å². The summed E-state index contributed by atoms with van der Waals surface area (Å²) in [4.78, 5) is 25.7. The third-order valence-electron chi connectivity index (χ3n) is 4.54. The molecule has 0 heterocycles. The van der Waals surface area contributed by atoms with Crippen molar-refractivity contribution < 1.29 is 14.7 Å². The van der Waals surface area contributed by atoms with Crippen molar-refractivity contribution in [1.82, 2.24) is 16.0 Å². The third kappa shape index (κ3) is 8.84. The van der Waals surface area contributed by atoms with Gasteiger partial charge < -0.3 is 21.1 Å². The van der Waals surface area contributed by atoms with Crippen LogP contribution in [0.1, 0.15) is 108 Å². The van der Waals surface area contributed by atoms with Gasteiger partial charge in [-0.3, -0.25) is 9.59 Å². The smallest absolute Gasteiger partial charge is 0.252 e. The van der Waals surface area contributed by atoms with Gasteiger partial charge in [0.05, 0.1) is 17.2 Å². The molecule has 0 saturated heterocycles. The highest BCUT2D eigenvalue weighted by molar-refractivity contribution is 6.07. The first-order valence-corrected chi connectivity index (χ1v) is 10.8. The molecular formula is C24H41N3O3. The lowest BCUT2D eigenvalue weighted by Gasteiger charge is -2.28. The number of rotatable bonds is 8. The van der Waals surface area contributed by atoms with E-state index in [9.17, 15) is 14.7 Å². The van der Waals surface area contributed by atoms with Gasteiger partial charge >= 0.3 is 0 Å². The highest BCUT2D eigenvalue weighted by Gasteiger charge is 2.25. The lowest BCUT2D eigenvalue weighted by atomic mass is 9.96. The number of β-amino-alcohol motifs (C(OH)–C–C–N with tert-alkyl or cyclic N) is 1. The summed E-state index contributed by atoms with van der Waals surface area (Å²) in [7, 11) is 0. The summed E-state index contributed by atoms with van der Waals surface area (Å²) < 4.78 is 0. The number of hydrogen-bond acceptors (Lipinski definition) is 4. The second kappa shape index (κ2) is 9.92. The van der Waals surface area contributed by atoms with Crippen LogP contribution >= 0.6 is 0 Å². The molecule has 6 nitrogen and oxygen atoms in total. The van der Waals surface area contributed by atoms with E-state index < -0.39 is 17.2 Å². The number of aliphatic hydroxyl groups is 1. The summed E-state index contributed by atoms with van der Waals surface area (Å²) in [5, 5.41) is 19.9. The molecule has 0 aliphatic heterocycles. The maximum absolute atomic E-state index is 12.9. The fourth-order valence-corrected chi connectivity index (χ4v) is 3.18. The molecule has 0 aliphatic rings. The maximum Gasteiger partial charge on any atom is 0.252 e. The van der Waals surface area contributed by atoms with Crippen molar-refractivity contribution in [3.05, 3.63) is 34.9 Å². The van der Waals surface area contributed by atoms with Crippen LogP contribution in [0.25, 0.3) is 0 Å². The summed E-state index contributed by atoms with van der Waals surface area (Å²) in [5.74, 6) is -0.653. The Morgan fingerprint density at radius 3 is 1.87 bits per heavy atom. The molecule has 1 aromatic rings. The Balaban J connectivity index is 3.21. The Kier molecular flexibility index (Phi) is 8.64. The minimum absolute atomic E-state index is 0.0886. The normalized spacial score (nSPS) is 13.7. The Hall–Kier alpha value is -1.92. The standard InChI is InChI=1S/C24H41N3O3/c1-10-13-24(8,9)25-15-19(28)16-11-12-17(20(29)26-22(2,3)4)18(14-16)21(30)27-23(5,6)7/h11-12,14,19,25,28H,10,13,15H2,1-9H3,(H,26,29)(H,27,30). The molecule has 0 radical (unpaired) electrons. The topological polar surface area (TPSA) is 90.5 Å². The Labute approximate surface area is 182 Å². The zero-order valence-corrected chi connectivity index (χ0v) is 20.2. The second-order valence-electron chi connectivity index (χ2n) is 10.7. The third-order valence-corrected chi connectivity index (χ3v) is 4.54. The number of nitrogens with one attached hydrogen (secondary N) is 3. The fraction of sp³-hybridized carbons (Fsp3) is 0.667. The van der Waals surface area contributed by atoms with Gasteiger partial charge in [-0.25, -0.2) is 0 Å². The van der Waals surface area contributed by atoms with E-state index in [1.54, 1.807) is 18.2 Å². The first-order valence-electron chi connectivity index (χ1n) is 10.8. The molecule has 4 N–H and O–H groups in total. The molecular weight excluding hydrogens is 378 g/mol. The monoisotopic (exact) mass is 419 g/mol. The van der Waals surface area contributed by atoms with E-state index in [-0.39, 0.29) is 22.9 Å². The van der Waals surface area contributed by atoms with Gasteiger partial charge in [-0.15, -0.1) is 0 Å². The van der Waals surface area contributed by atoms with Crippen molar-refractivity contribution in [2.75, 3.05) is 6.54 Å². The Bertz CT molecular complexity index is 743. The van der Waals surface area contributed by atoms with Gasteiger partial charge in [0.15, 0.2) is 0 Å². The fourth-order valence-electron chi connectivity index (χ4n) is 3.18. The van der Waals surface area contributed by atoms with Crippen LogP contribution in [0.4, 0.5) is 0 Å². The predicted octanol–water partition coefficient (Wildman–Crippen LogP) is 3.94. The molecule has 170 valence electrons. The predicted molar refractivity (Wildman–Crippen MR) is 123 cm³/mol. The maximum atomic E-state index is 12.9. The lowest BCUT2D eigenvalue weighted by molar-refractivity contribution is 0.0882. The SMILES string of the molecule is CCCC(C)(C)NCC(O)c1ccc(C(=O)NC(C)(C)C)c(C(=O)NC(C)(C)C)c1. The lowest BCUT2D eigenvalue weighted by Crippen LogP contribution is -2.44. The van der Waals surface area contributed by atoms with Crippen molar-refractivity contribution in [2.45, 2.75) is 97.9 Å². The Morgan fingerprint density at radius 2 is 1.40 bits per heavy atom. The molecule has 1 atom stereocenters. The largest absolute Gasteiger partial charge is 0.387 e. The first kappa shape index (κ1) is 26.1. The molecule has 30 heavy (non-hydrogen) atoms. The van der Waals surface area contributed by atoms with Crippen LogP contribution in [0.5, 0.6) is 0 Å². The highest BCUT2D eigenvalue weighted by Crippen LogP contribution is 2.21. The average Bonchev–Trinajstić information content (AvgIpc) is 2.56. The summed E-state index contributed by atoms with van der Waals surface area (Å²) in [5.41, 5.74) is 0.185. The van der Waals surface area contributed by atoms with E-state index in [2.05, 4.69) is 36.7 Å². The molecule has 0 aliphatic carbocycles. The van der Waals surface area contributed by atoms with Gasteiger partial charge in [0.25, 0.3) is 11.8 Å². The van der Waals surface area contributed by atoms with Gasteiger partial charge in [-0.1, -0.05) is 19.4 Å². The number of carbonyl (C=O) groups is 2. The summed E-state index contributed by atoms with van der Waals surface area (Å²) in [6.07, 6.45) is 1.25. The van der Waals surface area contributed by atoms with Crippen molar-refractivity contribution in [3.8, 4) is 0 Å². The average molecular weight is 420 g/mol. The van der Waals surface area contributed by atoms with Gasteiger partial charge in [0.2, 0.25) is 0 Å². The number of hydrogen-bond donors (Lipinski definition) is 4. The van der Waals surface area contributed by atoms with Gasteiger partial charge in [-0.2, -0.15) is 0 Å². The molecule has 0 bridgehead atoms. The van der Waals surface area contributed by atoms with Crippen LogP contribution in [-0.4, -0.2) is 40.1 Å². The molecule has 1 unspecified atom stereocenters. The van der Waals surface area contributed by atoms with Crippen molar-refractivity contribution in [2.24, 2.45) is 0 Å². The van der Waals surface area contributed by atoms with Gasteiger partial charge in [-0.05, 0) is 79.5 Å². The van der Waals surface area contributed by atoms with E-state index >= 15 is 0 Å². The summed E-state index contributed by atoms with van der Waals surface area (Å²) in [6.45, 7) is 18.0. The van der Waals surface area contributed by atoms with Crippen LogP contribution in [0.15, 0.2) is 18.2 Å². The van der Waals surface area contributed by atoms with Crippen LogP contribution in [0, 0.1) is 0 Å². The van der Waals surface area contributed by atoms with E-state index in [1.165, 1.54) is 0 Å². The van der Waals surface area contributed by atoms with E-state index in [0.717, 1.165) is 12.8 Å². The molecule has 2 amide bonds.